The van der Waals surface area contributed by atoms with Crippen molar-refractivity contribution in [1.29, 1.82) is 0 Å². The second kappa shape index (κ2) is 11.2. The maximum absolute atomic E-state index is 13.9. The van der Waals surface area contributed by atoms with Crippen molar-refractivity contribution in [1.82, 2.24) is 19.4 Å². The lowest BCUT2D eigenvalue weighted by molar-refractivity contribution is -0.122. The van der Waals surface area contributed by atoms with Crippen LogP contribution in [0.2, 0.25) is 0 Å². The van der Waals surface area contributed by atoms with Gasteiger partial charge in [0, 0.05) is 56.0 Å². The van der Waals surface area contributed by atoms with E-state index in [0.29, 0.717) is 23.0 Å². The summed E-state index contributed by atoms with van der Waals surface area (Å²) in [5.41, 5.74) is 1.23. The fourth-order valence-corrected chi connectivity index (χ4v) is 7.73. The predicted molar refractivity (Wildman–Crippen MR) is 161 cm³/mol. The maximum atomic E-state index is 13.9. The van der Waals surface area contributed by atoms with Gasteiger partial charge in [-0.05, 0) is 64.1 Å². The molecular weight excluding hydrogens is 592 g/mol. The molecule has 0 radical (unpaired) electrons. The zero-order chi connectivity index (χ0) is 31.4. The van der Waals surface area contributed by atoms with Crippen molar-refractivity contribution in [3.05, 3.63) is 64.9 Å². The van der Waals surface area contributed by atoms with Crippen molar-refractivity contribution < 1.29 is 26.8 Å². The minimum atomic E-state index is -4.33. The van der Waals surface area contributed by atoms with Gasteiger partial charge in [-0.2, -0.15) is 9.40 Å². The molecule has 1 aliphatic carbocycles. The summed E-state index contributed by atoms with van der Waals surface area (Å²) < 4.78 is 56.0. The van der Waals surface area contributed by atoms with Gasteiger partial charge in [0.2, 0.25) is 15.9 Å². The van der Waals surface area contributed by atoms with Gasteiger partial charge in [0.05, 0.1) is 27.4 Å². The average molecular weight is 628 g/mol. The number of hydrogen-bond donors (Lipinski definition) is 3. The molecule has 3 aromatic rings. The summed E-state index contributed by atoms with van der Waals surface area (Å²) >= 11 is 0. The number of rotatable bonds is 7. The molecule has 3 aliphatic rings. The molecule has 2 fully saturated rings. The average Bonchev–Trinajstić information content (AvgIpc) is 3.45. The molecule has 0 atom stereocenters. The third-order valence-corrected chi connectivity index (χ3v) is 10.9. The molecule has 3 heterocycles. The second-order valence-corrected chi connectivity index (χ2v) is 14.1. The highest BCUT2D eigenvalue weighted by Gasteiger charge is 2.48. The van der Waals surface area contributed by atoms with E-state index in [9.17, 15) is 26.8 Å². The summed E-state index contributed by atoms with van der Waals surface area (Å²) in [4.78, 5) is 30.6. The number of likely N-dealkylation sites (N-methyl/N-ethyl adjacent to an activating group) is 1. The smallest absolute Gasteiger partial charge is 0.258 e. The topological polar surface area (TPSA) is 131 Å². The van der Waals surface area contributed by atoms with Crippen LogP contribution in [-0.2, 0) is 26.9 Å². The fraction of sp³-hybridized carbons (Fsp3) is 0.433. The fourth-order valence-electron chi connectivity index (χ4n) is 5.96. The quantitative estimate of drug-likeness (QED) is 0.363. The van der Waals surface area contributed by atoms with Gasteiger partial charge in [0.15, 0.2) is 5.82 Å². The summed E-state index contributed by atoms with van der Waals surface area (Å²) in [7, 11) is -2.27. The molecule has 6 rings (SSSR count). The van der Waals surface area contributed by atoms with E-state index in [2.05, 4.69) is 37.7 Å². The number of piperazine rings is 1. The van der Waals surface area contributed by atoms with Crippen LogP contribution >= 0.6 is 0 Å². The maximum Gasteiger partial charge on any atom is 0.258 e. The standard InChI is InChI=1S/C30H35F2N7O4S/c1-30(2)26-24(17-39(30)44(42,43)22-14-19(31)13-20(32)15-22)27(36-35-26)34-29(41)23-8-7-21(38-11-9-37(3)10-12-38)16-25(23)33-28(40)18-5-4-6-18/h7-8,13-16,18H,4-6,9-12,17H2,1-3H3,(H,33,40)(H2,34,35,36,41). The largest absolute Gasteiger partial charge is 0.369 e. The van der Waals surface area contributed by atoms with Crippen molar-refractivity contribution in [2.45, 2.75) is 50.1 Å². The first-order chi connectivity index (χ1) is 20.8. The van der Waals surface area contributed by atoms with E-state index in [-0.39, 0.29) is 29.8 Å². The molecule has 0 unspecified atom stereocenters. The molecule has 44 heavy (non-hydrogen) atoms. The number of carbonyl (C=O) groups excluding carboxylic acids is 2. The molecule has 1 aromatic heterocycles. The van der Waals surface area contributed by atoms with Crippen LogP contribution in [0, 0.1) is 17.6 Å². The highest BCUT2D eigenvalue weighted by Crippen LogP contribution is 2.44. The lowest BCUT2D eigenvalue weighted by atomic mass is 9.84. The van der Waals surface area contributed by atoms with E-state index >= 15 is 0 Å². The Hall–Kier alpha value is -3.88. The van der Waals surface area contributed by atoms with Gasteiger partial charge in [-0.15, -0.1) is 0 Å². The van der Waals surface area contributed by atoms with Gasteiger partial charge >= 0.3 is 0 Å². The van der Waals surface area contributed by atoms with E-state index in [1.54, 1.807) is 19.9 Å². The number of anilines is 3. The molecule has 1 saturated heterocycles. The van der Waals surface area contributed by atoms with E-state index in [0.717, 1.165) is 67.6 Å². The Morgan fingerprint density at radius 1 is 1.00 bits per heavy atom. The van der Waals surface area contributed by atoms with Gasteiger partial charge in [0.1, 0.15) is 11.6 Å². The second-order valence-electron chi connectivity index (χ2n) is 12.2. The van der Waals surface area contributed by atoms with Gasteiger partial charge in [-0.3, -0.25) is 14.7 Å². The van der Waals surface area contributed by atoms with Gasteiger partial charge in [-0.1, -0.05) is 6.42 Å². The monoisotopic (exact) mass is 627 g/mol. The van der Waals surface area contributed by atoms with Crippen LogP contribution in [0.4, 0.5) is 26.0 Å². The molecule has 2 amide bonds. The summed E-state index contributed by atoms with van der Waals surface area (Å²) in [6.07, 6.45) is 2.61. The van der Waals surface area contributed by atoms with E-state index in [1.807, 2.05) is 12.1 Å². The van der Waals surface area contributed by atoms with Gasteiger partial charge < -0.3 is 20.4 Å². The molecule has 3 N–H and O–H groups in total. The molecule has 1 saturated carbocycles. The lowest BCUT2D eigenvalue weighted by Gasteiger charge is -2.34. The molecule has 14 heteroatoms. The van der Waals surface area contributed by atoms with Crippen LogP contribution in [-0.4, -0.2) is 72.9 Å². The number of sulfonamides is 1. The number of nitrogens with one attached hydrogen (secondary N) is 3. The highest BCUT2D eigenvalue weighted by atomic mass is 32.2. The molecule has 11 nitrogen and oxygen atoms in total. The number of amides is 2. The normalized spacial score (nSPS) is 19.0. The third-order valence-electron chi connectivity index (χ3n) is 8.91. The van der Waals surface area contributed by atoms with Crippen LogP contribution in [0.5, 0.6) is 0 Å². The van der Waals surface area contributed by atoms with Crippen molar-refractivity contribution in [3.63, 3.8) is 0 Å². The summed E-state index contributed by atoms with van der Waals surface area (Å²) in [5.74, 6) is -2.63. The van der Waals surface area contributed by atoms with E-state index in [1.165, 1.54) is 0 Å². The highest BCUT2D eigenvalue weighted by molar-refractivity contribution is 7.89. The minimum absolute atomic E-state index is 0.0884. The summed E-state index contributed by atoms with van der Waals surface area (Å²) in [5, 5.41) is 12.9. The number of H-pyrrole nitrogens is 1. The number of fused-ring (bicyclic) bond motifs is 1. The first-order valence-electron chi connectivity index (χ1n) is 14.6. The Morgan fingerprint density at radius 2 is 1.68 bits per heavy atom. The van der Waals surface area contributed by atoms with E-state index < -0.39 is 38.0 Å². The first-order valence-corrected chi connectivity index (χ1v) is 16.0. The molecule has 2 aromatic carbocycles. The lowest BCUT2D eigenvalue weighted by Crippen LogP contribution is -2.44. The number of benzene rings is 2. The van der Waals surface area contributed by atoms with Crippen molar-refractivity contribution in [2.24, 2.45) is 5.92 Å². The first kappa shape index (κ1) is 30.2. The van der Waals surface area contributed by atoms with Crippen molar-refractivity contribution >= 4 is 39.0 Å². The third kappa shape index (κ3) is 5.46. The molecule has 0 spiro atoms. The summed E-state index contributed by atoms with van der Waals surface area (Å²) in [6, 6.07) is 7.49. The van der Waals surface area contributed by atoms with Gasteiger partial charge in [-0.25, -0.2) is 17.2 Å². The number of aromatic nitrogens is 2. The Morgan fingerprint density at radius 3 is 2.32 bits per heavy atom. The number of hydrogen-bond acceptors (Lipinski definition) is 7. The molecule has 2 aliphatic heterocycles. The van der Waals surface area contributed by atoms with E-state index in [4.69, 9.17) is 0 Å². The van der Waals surface area contributed by atoms with Crippen LogP contribution in [0.3, 0.4) is 0 Å². The number of aromatic amines is 1. The molecule has 0 bridgehead atoms. The van der Waals surface area contributed by atoms with Crippen LogP contribution < -0.4 is 15.5 Å². The van der Waals surface area contributed by atoms with Gasteiger partial charge in [0.25, 0.3) is 5.91 Å². The number of carbonyl (C=O) groups is 2. The van der Waals surface area contributed by atoms with Crippen LogP contribution in [0.25, 0.3) is 0 Å². The predicted octanol–water partition coefficient (Wildman–Crippen LogP) is 3.87. The summed E-state index contributed by atoms with van der Waals surface area (Å²) in [6.45, 7) is 6.51. The minimum Gasteiger partial charge on any atom is -0.369 e. The Kier molecular flexibility index (Phi) is 7.70. The van der Waals surface area contributed by atoms with Crippen LogP contribution in [0.15, 0.2) is 41.3 Å². The Balaban J connectivity index is 1.27. The number of halogens is 2. The SMILES string of the molecule is CN1CCN(c2ccc(C(=O)Nc3n[nH]c4c3CN(S(=O)(=O)c3cc(F)cc(F)c3)C4(C)C)c(NC(=O)C3CCC3)c2)CC1. The van der Waals surface area contributed by atoms with Crippen LogP contribution in [0.1, 0.15) is 54.7 Å². The molecule has 234 valence electrons. The zero-order valence-corrected chi connectivity index (χ0v) is 25.6. The number of nitrogens with zero attached hydrogens (tertiary/aromatic N) is 4. The molecular formula is C30H35F2N7O4S. The van der Waals surface area contributed by atoms with Crippen molar-refractivity contribution in [3.8, 4) is 0 Å². The van der Waals surface area contributed by atoms with Crippen molar-refractivity contribution in [2.75, 3.05) is 48.8 Å². The Labute approximate surface area is 254 Å². The zero-order valence-electron chi connectivity index (χ0n) is 24.8. The Bertz CT molecular complexity index is 1710.